The normalized spacial score (nSPS) is 11.9. The van der Waals surface area contributed by atoms with Crippen molar-refractivity contribution in [3.63, 3.8) is 0 Å². The van der Waals surface area contributed by atoms with E-state index in [0.717, 1.165) is 5.75 Å². The van der Waals surface area contributed by atoms with Gasteiger partial charge >= 0.3 is 0 Å². The second-order valence-corrected chi connectivity index (χ2v) is 9.71. The molecule has 1 rings (SSSR count). The number of rotatable bonds is 6. The first-order valence-corrected chi connectivity index (χ1v) is 9.31. The summed E-state index contributed by atoms with van der Waals surface area (Å²) in [5.74, 6) is 1.61. The maximum absolute atomic E-state index is 6.11. The van der Waals surface area contributed by atoms with Crippen LogP contribution in [0.2, 0.25) is 19.1 Å². The highest BCUT2D eigenvalue weighted by Crippen LogP contribution is 2.20. The predicted octanol–water partition coefficient (Wildman–Crippen LogP) is 4.07. The SMILES string of the molecule is COc1cccc(CO[Si](C)(C)CC(C)C)c1. The van der Waals surface area contributed by atoms with Gasteiger partial charge < -0.3 is 9.16 Å². The molecule has 17 heavy (non-hydrogen) atoms. The third-order valence-corrected chi connectivity index (χ3v) is 5.39. The van der Waals surface area contributed by atoms with Crippen molar-refractivity contribution >= 4 is 8.32 Å². The van der Waals surface area contributed by atoms with Gasteiger partial charge in [0.2, 0.25) is 0 Å². The molecule has 0 aliphatic rings. The largest absolute Gasteiger partial charge is 0.497 e. The topological polar surface area (TPSA) is 18.5 Å². The van der Waals surface area contributed by atoms with Gasteiger partial charge in [0.25, 0.3) is 0 Å². The van der Waals surface area contributed by atoms with Gasteiger partial charge in [0.1, 0.15) is 5.75 Å². The van der Waals surface area contributed by atoms with Gasteiger partial charge in [0.05, 0.1) is 13.7 Å². The first-order valence-electron chi connectivity index (χ1n) is 6.20. The van der Waals surface area contributed by atoms with E-state index in [-0.39, 0.29) is 0 Å². The Kier molecular flexibility index (Phi) is 5.21. The summed E-state index contributed by atoms with van der Waals surface area (Å²) in [6, 6.07) is 9.30. The lowest BCUT2D eigenvalue weighted by Crippen LogP contribution is -2.31. The molecule has 0 aromatic heterocycles. The minimum Gasteiger partial charge on any atom is -0.497 e. The highest BCUT2D eigenvalue weighted by Gasteiger charge is 2.23. The molecule has 0 amide bonds. The molecular weight excluding hydrogens is 228 g/mol. The molecule has 96 valence electrons. The molecule has 0 aliphatic heterocycles. The average Bonchev–Trinajstić information content (AvgIpc) is 2.25. The highest BCUT2D eigenvalue weighted by molar-refractivity contribution is 6.71. The smallest absolute Gasteiger partial charge is 0.187 e. The van der Waals surface area contributed by atoms with Gasteiger partial charge in [0, 0.05) is 0 Å². The molecule has 0 bridgehead atoms. The average molecular weight is 252 g/mol. The summed E-state index contributed by atoms with van der Waals surface area (Å²) in [7, 11) is 0.174. The third kappa shape index (κ3) is 5.37. The first-order chi connectivity index (χ1) is 7.93. The number of benzene rings is 1. The summed E-state index contributed by atoms with van der Waals surface area (Å²) < 4.78 is 11.3. The van der Waals surface area contributed by atoms with E-state index in [9.17, 15) is 0 Å². The van der Waals surface area contributed by atoms with Crippen molar-refractivity contribution in [2.24, 2.45) is 5.92 Å². The lowest BCUT2D eigenvalue weighted by molar-refractivity contribution is 0.290. The van der Waals surface area contributed by atoms with Crippen molar-refractivity contribution in [1.29, 1.82) is 0 Å². The van der Waals surface area contributed by atoms with E-state index < -0.39 is 8.32 Å². The van der Waals surface area contributed by atoms with Crippen LogP contribution in [0.25, 0.3) is 0 Å². The van der Waals surface area contributed by atoms with Crippen LogP contribution in [0.15, 0.2) is 24.3 Å². The molecule has 0 fully saturated rings. The van der Waals surface area contributed by atoms with Crippen LogP contribution in [0.1, 0.15) is 19.4 Å². The number of hydrogen-bond acceptors (Lipinski definition) is 2. The lowest BCUT2D eigenvalue weighted by Gasteiger charge is -2.24. The van der Waals surface area contributed by atoms with Crippen LogP contribution in [0.3, 0.4) is 0 Å². The Bertz CT molecular complexity index is 348. The summed E-state index contributed by atoms with van der Waals surface area (Å²) in [5.41, 5.74) is 1.19. The Hall–Kier alpha value is -0.803. The van der Waals surface area contributed by atoms with Crippen LogP contribution in [0.5, 0.6) is 5.75 Å². The fourth-order valence-electron chi connectivity index (χ4n) is 2.08. The first kappa shape index (κ1) is 14.3. The Morgan fingerprint density at radius 3 is 2.53 bits per heavy atom. The third-order valence-electron chi connectivity index (χ3n) is 2.66. The van der Waals surface area contributed by atoms with Crippen LogP contribution >= 0.6 is 0 Å². The summed E-state index contributed by atoms with van der Waals surface area (Å²) >= 11 is 0. The number of hydrogen-bond donors (Lipinski definition) is 0. The van der Waals surface area contributed by atoms with Crippen molar-refractivity contribution in [3.8, 4) is 5.75 Å². The molecule has 0 aliphatic carbocycles. The molecule has 0 N–H and O–H groups in total. The molecule has 0 unspecified atom stereocenters. The molecule has 3 heteroatoms. The minimum absolute atomic E-state index is 0.698. The van der Waals surface area contributed by atoms with E-state index in [0.29, 0.717) is 12.5 Å². The van der Waals surface area contributed by atoms with Gasteiger partial charge in [-0.15, -0.1) is 0 Å². The Labute approximate surface area is 106 Å². The van der Waals surface area contributed by atoms with Crippen LogP contribution in [0.4, 0.5) is 0 Å². The Balaban J connectivity index is 2.54. The lowest BCUT2D eigenvalue weighted by atomic mass is 10.2. The van der Waals surface area contributed by atoms with Crippen LogP contribution in [-0.2, 0) is 11.0 Å². The summed E-state index contributed by atoms with van der Waals surface area (Å²) in [5, 5.41) is 0. The van der Waals surface area contributed by atoms with E-state index in [1.165, 1.54) is 11.6 Å². The molecule has 0 heterocycles. The van der Waals surface area contributed by atoms with E-state index in [1.807, 2.05) is 18.2 Å². The quantitative estimate of drug-likeness (QED) is 0.710. The van der Waals surface area contributed by atoms with Crippen LogP contribution in [0, 0.1) is 5.92 Å². The molecule has 2 nitrogen and oxygen atoms in total. The summed E-state index contributed by atoms with van der Waals surface area (Å²) in [6.07, 6.45) is 0. The zero-order chi connectivity index (χ0) is 12.9. The standard InChI is InChI=1S/C14H24O2Si/c1-12(2)11-17(4,5)16-10-13-7-6-8-14(9-13)15-3/h6-9,12H,10-11H2,1-5H3. The van der Waals surface area contributed by atoms with Crippen molar-refractivity contribution in [1.82, 2.24) is 0 Å². The molecular formula is C14H24O2Si. The van der Waals surface area contributed by atoms with Crippen molar-refractivity contribution in [2.75, 3.05) is 7.11 Å². The van der Waals surface area contributed by atoms with E-state index >= 15 is 0 Å². The molecule has 0 saturated heterocycles. The van der Waals surface area contributed by atoms with Crippen LogP contribution < -0.4 is 4.74 Å². The molecule has 0 radical (unpaired) electrons. The Morgan fingerprint density at radius 1 is 1.24 bits per heavy atom. The number of ether oxygens (including phenoxy) is 1. The monoisotopic (exact) mass is 252 g/mol. The second kappa shape index (κ2) is 6.22. The van der Waals surface area contributed by atoms with Gasteiger partial charge in [-0.2, -0.15) is 0 Å². The zero-order valence-corrected chi connectivity index (χ0v) is 12.6. The number of methoxy groups -OCH3 is 1. The van der Waals surface area contributed by atoms with Gasteiger partial charge in [0.15, 0.2) is 8.32 Å². The van der Waals surface area contributed by atoms with Crippen molar-refractivity contribution in [3.05, 3.63) is 29.8 Å². The molecule has 1 aromatic carbocycles. The fourth-order valence-corrected chi connectivity index (χ4v) is 4.72. The van der Waals surface area contributed by atoms with Crippen molar-refractivity contribution in [2.45, 2.75) is 39.6 Å². The maximum Gasteiger partial charge on any atom is 0.187 e. The van der Waals surface area contributed by atoms with Crippen LogP contribution in [-0.4, -0.2) is 15.4 Å². The molecule has 1 aromatic rings. The fraction of sp³-hybridized carbons (Fsp3) is 0.571. The zero-order valence-electron chi connectivity index (χ0n) is 11.6. The minimum atomic E-state index is -1.52. The van der Waals surface area contributed by atoms with E-state index in [2.05, 4.69) is 33.0 Å². The molecule has 0 spiro atoms. The van der Waals surface area contributed by atoms with Gasteiger partial charge in [-0.1, -0.05) is 26.0 Å². The highest BCUT2D eigenvalue weighted by atomic mass is 28.4. The molecule has 0 saturated carbocycles. The van der Waals surface area contributed by atoms with E-state index in [1.54, 1.807) is 7.11 Å². The predicted molar refractivity (Wildman–Crippen MR) is 74.9 cm³/mol. The maximum atomic E-state index is 6.11. The van der Waals surface area contributed by atoms with Gasteiger partial charge in [-0.05, 0) is 42.8 Å². The Morgan fingerprint density at radius 2 is 1.94 bits per heavy atom. The van der Waals surface area contributed by atoms with E-state index in [4.69, 9.17) is 9.16 Å². The summed E-state index contributed by atoms with van der Waals surface area (Å²) in [6.45, 7) is 9.77. The van der Waals surface area contributed by atoms with Crippen molar-refractivity contribution < 1.29 is 9.16 Å². The molecule has 0 atom stereocenters. The second-order valence-electron chi connectivity index (χ2n) is 5.50. The van der Waals surface area contributed by atoms with Gasteiger partial charge in [-0.3, -0.25) is 0 Å². The van der Waals surface area contributed by atoms with Gasteiger partial charge in [-0.25, -0.2) is 0 Å². The summed E-state index contributed by atoms with van der Waals surface area (Å²) in [4.78, 5) is 0.